The van der Waals surface area contributed by atoms with Crippen LogP contribution in [0.5, 0.6) is 0 Å². The third-order valence-corrected chi connectivity index (χ3v) is 7.71. The lowest BCUT2D eigenvalue weighted by Crippen LogP contribution is -2.48. The number of hydrogen-bond donors (Lipinski definition) is 2. The first-order valence-corrected chi connectivity index (χ1v) is 13.8. The molecule has 0 spiro atoms. The van der Waals surface area contributed by atoms with Crippen molar-refractivity contribution in [2.75, 3.05) is 32.1 Å². The summed E-state index contributed by atoms with van der Waals surface area (Å²) in [5.74, 6) is -0.127. The second kappa shape index (κ2) is 13.0. The molecular weight excluding hydrogens is 504 g/mol. The van der Waals surface area contributed by atoms with Gasteiger partial charge in [0.05, 0.1) is 31.6 Å². The third-order valence-electron chi connectivity index (χ3n) is 6.79. The van der Waals surface area contributed by atoms with E-state index in [4.69, 9.17) is 4.74 Å². The maximum absolute atomic E-state index is 13.0. The van der Waals surface area contributed by atoms with E-state index in [1.54, 1.807) is 32.9 Å². The van der Waals surface area contributed by atoms with Crippen LogP contribution in [0.2, 0.25) is 0 Å². The molecule has 1 aliphatic heterocycles. The number of aliphatic hydroxyl groups is 1. The van der Waals surface area contributed by atoms with Gasteiger partial charge in [0.1, 0.15) is 5.69 Å². The average molecular weight is 541 g/mol. The predicted molar refractivity (Wildman–Crippen MR) is 147 cm³/mol. The number of fused-ring (bicyclic) bond motifs is 2. The molecule has 0 saturated carbocycles. The Labute approximate surface area is 227 Å². The first-order valence-electron chi connectivity index (χ1n) is 12.9. The summed E-state index contributed by atoms with van der Waals surface area (Å²) >= 11 is 1.67. The minimum absolute atomic E-state index is 0.0196. The van der Waals surface area contributed by atoms with E-state index in [1.807, 2.05) is 55.8 Å². The van der Waals surface area contributed by atoms with Crippen LogP contribution in [0.25, 0.3) is 10.4 Å². The maximum atomic E-state index is 13.0. The van der Waals surface area contributed by atoms with Crippen molar-refractivity contribution in [3.8, 4) is 10.4 Å². The van der Waals surface area contributed by atoms with Crippen molar-refractivity contribution in [3.05, 3.63) is 53.7 Å². The van der Waals surface area contributed by atoms with Crippen molar-refractivity contribution in [3.63, 3.8) is 0 Å². The van der Waals surface area contributed by atoms with E-state index in [9.17, 15) is 14.7 Å². The van der Waals surface area contributed by atoms with Gasteiger partial charge in [-0.15, -0.1) is 16.4 Å². The zero-order chi connectivity index (χ0) is 27.1. The van der Waals surface area contributed by atoms with E-state index >= 15 is 0 Å². The van der Waals surface area contributed by atoms with Gasteiger partial charge >= 0.3 is 6.03 Å². The molecule has 0 radical (unpaired) electrons. The number of likely N-dealkylation sites (N-methyl/N-ethyl adjacent to an activating group) is 1. The number of amides is 3. The number of carbonyl (C=O) groups excluding carboxylic acids is 2. The predicted octanol–water partition coefficient (Wildman–Crippen LogP) is 3.70. The highest BCUT2D eigenvalue weighted by molar-refractivity contribution is 7.13. The number of carbonyl (C=O) groups is 2. The molecule has 3 amide bonds. The second-order valence-electron chi connectivity index (χ2n) is 9.85. The third kappa shape index (κ3) is 7.18. The Morgan fingerprint density at radius 1 is 1.32 bits per heavy atom. The van der Waals surface area contributed by atoms with E-state index in [0.717, 1.165) is 5.56 Å². The van der Waals surface area contributed by atoms with Crippen LogP contribution in [-0.4, -0.2) is 80.7 Å². The molecule has 3 atom stereocenters. The first-order chi connectivity index (χ1) is 18.3. The van der Waals surface area contributed by atoms with Crippen LogP contribution in [0.4, 0.5) is 10.5 Å². The van der Waals surface area contributed by atoms with Gasteiger partial charge in [-0.3, -0.25) is 9.48 Å². The highest BCUT2D eigenvalue weighted by atomic mass is 32.1. The molecule has 11 heteroatoms. The minimum Gasteiger partial charge on any atom is -0.394 e. The Morgan fingerprint density at radius 2 is 2.11 bits per heavy atom. The Hall–Kier alpha value is -3.28. The molecule has 38 heavy (non-hydrogen) atoms. The van der Waals surface area contributed by atoms with E-state index in [-0.39, 0.29) is 43.2 Å². The number of urea groups is 1. The SMILES string of the molecule is C[C@H](CO)N1C[C@H](C)[C@H](CN(C)C(=O)Nc2ccc(-c3cccs3)cc2)OCc2cn(nn2)CCCC1=O. The van der Waals surface area contributed by atoms with Crippen LogP contribution < -0.4 is 5.32 Å². The zero-order valence-electron chi connectivity index (χ0n) is 22.1. The number of benzene rings is 1. The van der Waals surface area contributed by atoms with Crippen LogP contribution in [0.15, 0.2) is 48.0 Å². The van der Waals surface area contributed by atoms with Crippen LogP contribution >= 0.6 is 11.3 Å². The molecule has 204 valence electrons. The lowest BCUT2D eigenvalue weighted by molar-refractivity contribution is -0.136. The topological polar surface area (TPSA) is 113 Å². The van der Waals surface area contributed by atoms with Crippen molar-refractivity contribution in [2.24, 2.45) is 5.92 Å². The second-order valence-corrected chi connectivity index (χ2v) is 10.8. The fourth-order valence-electron chi connectivity index (χ4n) is 4.43. The van der Waals surface area contributed by atoms with Crippen LogP contribution in [0.3, 0.4) is 0 Å². The van der Waals surface area contributed by atoms with E-state index in [1.165, 1.54) is 4.88 Å². The molecule has 10 nitrogen and oxygen atoms in total. The monoisotopic (exact) mass is 540 g/mol. The number of hydrogen-bond acceptors (Lipinski definition) is 7. The molecule has 1 aliphatic rings. The van der Waals surface area contributed by atoms with Crippen LogP contribution in [0, 0.1) is 5.92 Å². The number of aliphatic hydroxyl groups excluding tert-OH is 1. The maximum Gasteiger partial charge on any atom is 0.321 e. The molecule has 4 rings (SSSR count). The molecule has 0 aliphatic carbocycles. The number of anilines is 1. The number of rotatable bonds is 6. The molecule has 1 aromatic carbocycles. The number of aryl methyl sites for hydroxylation is 1. The Morgan fingerprint density at radius 3 is 2.82 bits per heavy atom. The highest BCUT2D eigenvalue weighted by Crippen LogP contribution is 2.26. The Kier molecular flexibility index (Phi) is 9.48. The summed E-state index contributed by atoms with van der Waals surface area (Å²) in [4.78, 5) is 30.5. The van der Waals surface area contributed by atoms with Gasteiger partial charge in [-0.1, -0.05) is 30.3 Å². The molecule has 3 heterocycles. The number of nitrogens with one attached hydrogen (secondary N) is 1. The molecule has 2 N–H and O–H groups in total. The highest BCUT2D eigenvalue weighted by Gasteiger charge is 2.29. The number of aromatic nitrogens is 3. The summed E-state index contributed by atoms with van der Waals surface area (Å²) < 4.78 is 7.97. The van der Waals surface area contributed by atoms with Crippen LogP contribution in [-0.2, 0) is 22.7 Å². The summed E-state index contributed by atoms with van der Waals surface area (Å²) in [5, 5.41) is 23.1. The standard InChI is InChI=1S/C27H36N6O4S/c1-19-14-33(20(2)17-34)26(35)7-4-12-32-15-23(29-30-32)18-37-24(19)16-31(3)27(36)28-22-10-8-21(9-11-22)25-6-5-13-38-25/h5-6,8-11,13,15,19-20,24,34H,4,7,12,14,16-18H2,1-3H3,(H,28,36)/t19-,20+,24-/m0/s1. The van der Waals surface area contributed by atoms with Gasteiger partial charge in [0.15, 0.2) is 0 Å². The van der Waals surface area contributed by atoms with E-state index in [2.05, 4.69) is 21.7 Å². The van der Waals surface area contributed by atoms with Gasteiger partial charge in [-0.05, 0) is 42.5 Å². The average Bonchev–Trinajstić information content (AvgIpc) is 3.61. The van der Waals surface area contributed by atoms with Crippen molar-refractivity contribution in [2.45, 2.75) is 52.0 Å². The fourth-order valence-corrected chi connectivity index (χ4v) is 5.16. The van der Waals surface area contributed by atoms with Crippen molar-refractivity contribution >= 4 is 29.0 Å². The molecule has 3 aromatic rings. The number of thiophene rings is 1. The molecule has 0 unspecified atom stereocenters. The lowest BCUT2D eigenvalue weighted by atomic mass is 10.0. The summed E-state index contributed by atoms with van der Waals surface area (Å²) in [7, 11) is 1.72. The minimum atomic E-state index is -0.376. The fraction of sp³-hybridized carbons (Fsp3) is 0.481. The lowest BCUT2D eigenvalue weighted by Gasteiger charge is -2.35. The summed E-state index contributed by atoms with van der Waals surface area (Å²) in [6, 6.07) is 11.3. The molecule has 2 aromatic heterocycles. The van der Waals surface area contributed by atoms with Crippen LogP contribution in [0.1, 0.15) is 32.4 Å². The van der Waals surface area contributed by atoms with Crippen molar-refractivity contribution in [1.82, 2.24) is 24.8 Å². The van der Waals surface area contributed by atoms with Crippen molar-refractivity contribution < 1.29 is 19.4 Å². The van der Waals surface area contributed by atoms with Gasteiger partial charge in [-0.25, -0.2) is 4.79 Å². The summed E-state index contributed by atoms with van der Waals surface area (Å²) in [6.07, 6.45) is 2.44. The van der Waals surface area contributed by atoms with Gasteiger partial charge < -0.3 is 25.0 Å². The van der Waals surface area contributed by atoms with Gasteiger partial charge in [0.25, 0.3) is 0 Å². The van der Waals surface area contributed by atoms with Crippen molar-refractivity contribution in [1.29, 1.82) is 0 Å². The molecular formula is C27H36N6O4S. The molecule has 0 saturated heterocycles. The zero-order valence-corrected chi connectivity index (χ0v) is 22.9. The largest absolute Gasteiger partial charge is 0.394 e. The smallest absolute Gasteiger partial charge is 0.321 e. The quantitative estimate of drug-likeness (QED) is 0.493. The van der Waals surface area contributed by atoms with E-state index in [0.29, 0.717) is 43.9 Å². The molecule has 0 fully saturated rings. The van der Waals surface area contributed by atoms with Gasteiger partial charge in [0, 0.05) is 49.6 Å². The summed E-state index contributed by atoms with van der Waals surface area (Å²) in [6.45, 7) is 5.27. The number of nitrogens with zero attached hydrogens (tertiary/aromatic N) is 5. The van der Waals surface area contributed by atoms with Gasteiger partial charge in [-0.2, -0.15) is 0 Å². The van der Waals surface area contributed by atoms with Gasteiger partial charge in [0.2, 0.25) is 5.91 Å². The Bertz CT molecular complexity index is 1180. The first kappa shape index (κ1) is 27.7. The summed E-state index contributed by atoms with van der Waals surface area (Å²) in [5.41, 5.74) is 2.51. The molecule has 2 bridgehead atoms. The number of ether oxygens (including phenoxy) is 1. The Balaban J connectivity index is 1.44. The van der Waals surface area contributed by atoms with E-state index < -0.39 is 0 Å². The normalized spacial score (nSPS) is 19.7.